The lowest BCUT2D eigenvalue weighted by Gasteiger charge is -2.15. The molecule has 0 atom stereocenters. The second-order valence-corrected chi connectivity index (χ2v) is 7.17. The molecule has 0 aromatic heterocycles. The van der Waals surface area contributed by atoms with Gasteiger partial charge in [0.05, 0.1) is 13.2 Å². The van der Waals surface area contributed by atoms with E-state index in [1.807, 2.05) is 27.7 Å². The average molecular weight is 362 g/mol. The molecule has 2 N–H and O–H groups in total. The van der Waals surface area contributed by atoms with Crippen LogP contribution in [0.15, 0.2) is 34.1 Å². The molecule has 25 heavy (non-hydrogen) atoms. The molecule has 4 nitrogen and oxygen atoms in total. The van der Waals surface area contributed by atoms with Crippen LogP contribution in [0.3, 0.4) is 0 Å². The van der Waals surface area contributed by atoms with Crippen molar-refractivity contribution in [3.8, 4) is 11.5 Å². The van der Waals surface area contributed by atoms with E-state index in [9.17, 15) is 0 Å². The van der Waals surface area contributed by atoms with Gasteiger partial charge in [0.25, 0.3) is 0 Å². The van der Waals surface area contributed by atoms with Crippen LogP contribution in [0.5, 0.6) is 11.5 Å². The summed E-state index contributed by atoms with van der Waals surface area (Å²) in [4.78, 5) is 2.29. The van der Waals surface area contributed by atoms with E-state index in [1.54, 1.807) is 11.8 Å². The summed E-state index contributed by atoms with van der Waals surface area (Å²) in [5.74, 6) is 1.69. The zero-order valence-electron chi connectivity index (χ0n) is 15.3. The zero-order valence-corrected chi connectivity index (χ0v) is 16.1. The molecule has 5 heteroatoms. The van der Waals surface area contributed by atoms with E-state index < -0.39 is 0 Å². The number of hydrogen-bond acceptors (Lipinski definition) is 5. The molecule has 136 valence electrons. The third-order valence-electron chi connectivity index (χ3n) is 3.78. The second-order valence-electron chi connectivity index (χ2n) is 6.02. The summed E-state index contributed by atoms with van der Waals surface area (Å²) in [5, 5.41) is 17.9. The van der Waals surface area contributed by atoms with Crippen LogP contribution in [0.25, 0.3) is 0 Å². The predicted molar refractivity (Wildman–Crippen MR) is 101 cm³/mol. The first-order valence-corrected chi connectivity index (χ1v) is 9.15. The van der Waals surface area contributed by atoms with Gasteiger partial charge in [0, 0.05) is 9.79 Å². The topological polar surface area (TPSA) is 58.9 Å². The Morgan fingerprint density at radius 1 is 0.680 bits per heavy atom. The fourth-order valence-corrected chi connectivity index (χ4v) is 4.04. The van der Waals surface area contributed by atoms with Crippen LogP contribution in [0.2, 0.25) is 0 Å². The lowest BCUT2D eigenvalue weighted by atomic mass is 10.1. The molecule has 0 aliphatic carbocycles. The van der Waals surface area contributed by atoms with E-state index >= 15 is 0 Å². The lowest BCUT2D eigenvalue weighted by molar-refractivity contribution is 0.200. The van der Waals surface area contributed by atoms with Gasteiger partial charge in [-0.25, -0.2) is 0 Å². The fraction of sp³-hybridized carbons (Fsp3) is 0.400. The number of aliphatic hydroxyl groups is 2. The van der Waals surface area contributed by atoms with E-state index in [1.165, 1.54) is 0 Å². The molecule has 2 rings (SSSR count). The third kappa shape index (κ3) is 5.14. The normalized spacial score (nSPS) is 10.8. The van der Waals surface area contributed by atoms with Gasteiger partial charge in [-0.1, -0.05) is 11.8 Å². The molecule has 0 radical (unpaired) electrons. The molecule has 0 unspecified atom stereocenters. The summed E-state index contributed by atoms with van der Waals surface area (Å²) in [6.45, 7) is 8.72. The van der Waals surface area contributed by atoms with Crippen molar-refractivity contribution in [1.29, 1.82) is 0 Å². The largest absolute Gasteiger partial charge is 0.491 e. The highest BCUT2D eigenvalue weighted by Crippen LogP contribution is 2.36. The van der Waals surface area contributed by atoms with Crippen molar-refractivity contribution in [2.24, 2.45) is 0 Å². The molecular formula is C20H26O4S. The minimum Gasteiger partial charge on any atom is -0.491 e. The van der Waals surface area contributed by atoms with E-state index in [-0.39, 0.29) is 13.2 Å². The molecule has 0 saturated carbocycles. The highest BCUT2D eigenvalue weighted by Gasteiger charge is 2.10. The number of aryl methyl sites for hydroxylation is 4. The first kappa shape index (κ1) is 19.6. The molecule has 2 aromatic carbocycles. The molecule has 0 aliphatic rings. The molecule has 2 aromatic rings. The minimum absolute atomic E-state index is 0.0125. The van der Waals surface area contributed by atoms with Crippen molar-refractivity contribution < 1.29 is 19.7 Å². The van der Waals surface area contributed by atoms with Gasteiger partial charge in [0.2, 0.25) is 0 Å². The smallest absolute Gasteiger partial charge is 0.125 e. The Morgan fingerprint density at radius 3 is 1.28 bits per heavy atom. The average Bonchev–Trinajstić information content (AvgIpc) is 2.53. The summed E-state index contributed by atoms with van der Waals surface area (Å²) in [6, 6.07) is 8.41. The van der Waals surface area contributed by atoms with Gasteiger partial charge in [-0.2, -0.15) is 0 Å². The predicted octanol–water partition coefficient (Wildman–Crippen LogP) is 3.81. The maximum absolute atomic E-state index is 8.93. The van der Waals surface area contributed by atoms with Crippen LogP contribution in [-0.2, 0) is 0 Å². The quantitative estimate of drug-likeness (QED) is 0.748. The Bertz CT molecular complexity index is 620. The third-order valence-corrected chi connectivity index (χ3v) is 4.72. The fourth-order valence-electron chi connectivity index (χ4n) is 2.83. The Balaban J connectivity index is 2.22. The maximum atomic E-state index is 8.93. The highest BCUT2D eigenvalue weighted by atomic mass is 32.2. The van der Waals surface area contributed by atoms with Crippen molar-refractivity contribution in [3.05, 3.63) is 46.5 Å². The van der Waals surface area contributed by atoms with Gasteiger partial charge in [-0.3, -0.25) is 0 Å². The molecule has 0 saturated heterocycles. The minimum atomic E-state index is 0.0125. The summed E-state index contributed by atoms with van der Waals surface area (Å²) < 4.78 is 11.2. The molecule has 0 heterocycles. The SMILES string of the molecule is Cc1cc(Sc2cc(C)c(OCCO)c(C)c2)cc(C)c1OCCO. The van der Waals surface area contributed by atoms with Crippen molar-refractivity contribution in [2.75, 3.05) is 26.4 Å². The van der Waals surface area contributed by atoms with E-state index in [4.69, 9.17) is 19.7 Å². The highest BCUT2D eigenvalue weighted by molar-refractivity contribution is 7.99. The van der Waals surface area contributed by atoms with Crippen molar-refractivity contribution >= 4 is 11.8 Å². The van der Waals surface area contributed by atoms with Gasteiger partial charge in [0.15, 0.2) is 0 Å². The molecular weight excluding hydrogens is 336 g/mol. The summed E-state index contributed by atoms with van der Waals surface area (Å²) in [7, 11) is 0. The number of hydrogen-bond donors (Lipinski definition) is 2. The molecule has 0 aliphatic heterocycles. The monoisotopic (exact) mass is 362 g/mol. The van der Waals surface area contributed by atoms with Crippen molar-refractivity contribution in [3.63, 3.8) is 0 Å². The number of rotatable bonds is 8. The lowest BCUT2D eigenvalue weighted by Crippen LogP contribution is -2.04. The standard InChI is InChI=1S/C20H26O4S/c1-13-9-17(10-14(2)19(13)23-7-5-21)25-18-11-15(3)20(16(4)12-18)24-8-6-22/h9-12,21-22H,5-8H2,1-4H3. The summed E-state index contributed by atoms with van der Waals surface area (Å²) in [5.41, 5.74) is 4.25. The van der Waals surface area contributed by atoms with Crippen LogP contribution < -0.4 is 9.47 Å². The zero-order chi connectivity index (χ0) is 18.4. The number of benzene rings is 2. The van der Waals surface area contributed by atoms with Crippen LogP contribution in [0.4, 0.5) is 0 Å². The van der Waals surface area contributed by atoms with Gasteiger partial charge in [-0.05, 0) is 74.2 Å². The van der Waals surface area contributed by atoms with Crippen LogP contribution >= 0.6 is 11.8 Å². The van der Waals surface area contributed by atoms with Crippen LogP contribution in [0.1, 0.15) is 22.3 Å². The van der Waals surface area contributed by atoms with Gasteiger partial charge < -0.3 is 19.7 Å². The van der Waals surface area contributed by atoms with Crippen molar-refractivity contribution in [1.82, 2.24) is 0 Å². The first-order chi connectivity index (χ1) is 12.0. The van der Waals surface area contributed by atoms with Crippen molar-refractivity contribution in [2.45, 2.75) is 37.5 Å². The second kappa shape index (κ2) is 9.13. The van der Waals surface area contributed by atoms with E-state index in [0.717, 1.165) is 43.5 Å². The Kier molecular flexibility index (Phi) is 7.17. The Hall–Kier alpha value is -1.69. The Labute approximate surface area is 153 Å². The van der Waals surface area contributed by atoms with E-state index in [0.29, 0.717) is 13.2 Å². The van der Waals surface area contributed by atoms with Crippen LogP contribution in [0, 0.1) is 27.7 Å². The van der Waals surface area contributed by atoms with Gasteiger partial charge in [0.1, 0.15) is 24.7 Å². The molecule has 0 fully saturated rings. The number of aliphatic hydroxyl groups excluding tert-OH is 2. The van der Waals surface area contributed by atoms with E-state index in [2.05, 4.69) is 24.3 Å². The van der Waals surface area contributed by atoms with Gasteiger partial charge >= 0.3 is 0 Å². The molecule has 0 bridgehead atoms. The summed E-state index contributed by atoms with van der Waals surface area (Å²) >= 11 is 1.70. The molecule has 0 amide bonds. The van der Waals surface area contributed by atoms with Gasteiger partial charge in [-0.15, -0.1) is 0 Å². The Morgan fingerprint density at radius 2 is 1.00 bits per heavy atom. The number of ether oxygens (including phenoxy) is 2. The summed E-state index contributed by atoms with van der Waals surface area (Å²) in [6.07, 6.45) is 0. The first-order valence-electron chi connectivity index (χ1n) is 8.34. The molecule has 0 spiro atoms. The maximum Gasteiger partial charge on any atom is 0.125 e. The van der Waals surface area contributed by atoms with Crippen LogP contribution in [-0.4, -0.2) is 36.6 Å².